The van der Waals surface area contributed by atoms with Crippen molar-refractivity contribution in [2.45, 2.75) is 19.3 Å². The second-order valence-electron chi connectivity index (χ2n) is 5.65. The Hall–Kier alpha value is -1.71. The summed E-state index contributed by atoms with van der Waals surface area (Å²) in [6.07, 6.45) is 3.80. The summed E-state index contributed by atoms with van der Waals surface area (Å²) in [5, 5.41) is 0. The van der Waals surface area contributed by atoms with E-state index in [1.54, 1.807) is 6.07 Å². The molecule has 0 aromatic heterocycles. The fourth-order valence-electron chi connectivity index (χ4n) is 2.46. The Kier molecular flexibility index (Phi) is 3.98. The number of amides is 1. The van der Waals surface area contributed by atoms with Crippen LogP contribution in [0.2, 0.25) is 0 Å². The lowest BCUT2D eigenvalue weighted by atomic mass is 9.85. The molecule has 0 radical (unpaired) electrons. The molecule has 4 heteroatoms. The van der Waals surface area contributed by atoms with Gasteiger partial charge in [0, 0.05) is 33.3 Å². The molecule has 1 aliphatic rings. The van der Waals surface area contributed by atoms with Gasteiger partial charge in [0.05, 0.1) is 11.4 Å². The molecule has 0 atom stereocenters. The smallest absolute Gasteiger partial charge is 0.253 e. The first-order chi connectivity index (χ1) is 8.99. The molecular formula is C15H23N3O. The van der Waals surface area contributed by atoms with Gasteiger partial charge in [0.1, 0.15) is 0 Å². The normalized spacial score (nSPS) is 14.9. The number of benzene rings is 1. The van der Waals surface area contributed by atoms with E-state index < -0.39 is 0 Å². The quantitative estimate of drug-likeness (QED) is 0.845. The van der Waals surface area contributed by atoms with Crippen LogP contribution >= 0.6 is 0 Å². The Bertz CT molecular complexity index is 466. The van der Waals surface area contributed by atoms with Gasteiger partial charge in [-0.25, -0.2) is 0 Å². The highest BCUT2D eigenvalue weighted by Gasteiger charge is 2.22. The van der Waals surface area contributed by atoms with Crippen LogP contribution in [0.5, 0.6) is 0 Å². The van der Waals surface area contributed by atoms with Crippen LogP contribution in [0, 0.1) is 5.92 Å². The first-order valence-electron chi connectivity index (χ1n) is 6.81. The highest BCUT2D eigenvalue weighted by molar-refractivity contribution is 5.96. The Labute approximate surface area is 115 Å². The number of nitrogens with zero attached hydrogens (tertiary/aromatic N) is 2. The third kappa shape index (κ3) is 3.00. The first kappa shape index (κ1) is 13.7. The van der Waals surface area contributed by atoms with Gasteiger partial charge in [-0.3, -0.25) is 4.79 Å². The van der Waals surface area contributed by atoms with E-state index in [1.165, 1.54) is 19.3 Å². The number of nitrogen functional groups attached to an aromatic ring is 1. The lowest BCUT2D eigenvalue weighted by Gasteiger charge is -2.30. The van der Waals surface area contributed by atoms with Gasteiger partial charge in [0.25, 0.3) is 5.91 Å². The maximum atomic E-state index is 12.3. The number of hydrogen-bond acceptors (Lipinski definition) is 3. The molecule has 1 amide bonds. The molecule has 0 bridgehead atoms. The van der Waals surface area contributed by atoms with Crippen LogP contribution in [0.1, 0.15) is 29.6 Å². The van der Waals surface area contributed by atoms with Crippen LogP contribution in [0.4, 0.5) is 11.4 Å². The number of hydrogen-bond donors (Lipinski definition) is 1. The summed E-state index contributed by atoms with van der Waals surface area (Å²) in [5.41, 5.74) is 8.25. The minimum Gasteiger partial charge on any atom is -0.397 e. The predicted octanol–water partition coefficient (Wildman–Crippen LogP) is 2.21. The Morgan fingerprint density at radius 3 is 2.47 bits per heavy atom. The molecular weight excluding hydrogens is 238 g/mol. The topological polar surface area (TPSA) is 49.6 Å². The standard InChI is InChI=1S/C15H23N3O/c1-17(2)14-8-7-12(9-13(14)16)15(19)18(3)10-11-5-4-6-11/h7-9,11H,4-6,10,16H2,1-3H3. The second kappa shape index (κ2) is 5.51. The molecule has 1 aromatic rings. The molecule has 0 aliphatic heterocycles. The van der Waals surface area contributed by atoms with Crippen molar-refractivity contribution in [1.82, 2.24) is 4.90 Å². The van der Waals surface area contributed by atoms with Crippen LogP contribution < -0.4 is 10.6 Å². The highest BCUT2D eigenvalue weighted by Crippen LogP contribution is 2.28. The van der Waals surface area contributed by atoms with Crippen molar-refractivity contribution < 1.29 is 4.79 Å². The predicted molar refractivity (Wildman–Crippen MR) is 79.5 cm³/mol. The zero-order chi connectivity index (χ0) is 14.0. The van der Waals surface area contributed by atoms with Crippen molar-refractivity contribution in [3.63, 3.8) is 0 Å². The van der Waals surface area contributed by atoms with Crippen molar-refractivity contribution in [2.75, 3.05) is 38.3 Å². The third-order valence-electron chi connectivity index (χ3n) is 3.86. The Balaban J connectivity index is 2.07. The minimum absolute atomic E-state index is 0.0592. The van der Waals surface area contributed by atoms with Crippen LogP contribution in [0.3, 0.4) is 0 Å². The maximum absolute atomic E-state index is 12.3. The van der Waals surface area contributed by atoms with Crippen molar-refractivity contribution in [2.24, 2.45) is 5.92 Å². The molecule has 0 heterocycles. The molecule has 2 rings (SSSR count). The Morgan fingerprint density at radius 2 is 2.00 bits per heavy atom. The Morgan fingerprint density at radius 1 is 1.32 bits per heavy atom. The van der Waals surface area contributed by atoms with Crippen LogP contribution in [0.25, 0.3) is 0 Å². The number of carbonyl (C=O) groups is 1. The van der Waals surface area contributed by atoms with E-state index in [1.807, 2.05) is 43.1 Å². The van der Waals surface area contributed by atoms with E-state index >= 15 is 0 Å². The average Bonchev–Trinajstić information content (AvgIpc) is 2.32. The fraction of sp³-hybridized carbons (Fsp3) is 0.533. The summed E-state index contributed by atoms with van der Waals surface area (Å²) in [5.74, 6) is 0.747. The van der Waals surface area contributed by atoms with Crippen molar-refractivity contribution in [3.8, 4) is 0 Å². The van der Waals surface area contributed by atoms with Gasteiger partial charge in [-0.1, -0.05) is 6.42 Å². The van der Waals surface area contributed by atoms with Crippen molar-refractivity contribution in [1.29, 1.82) is 0 Å². The molecule has 104 valence electrons. The van der Waals surface area contributed by atoms with E-state index in [0.717, 1.165) is 12.2 Å². The zero-order valence-electron chi connectivity index (χ0n) is 12.0. The van der Waals surface area contributed by atoms with Crippen LogP contribution in [0.15, 0.2) is 18.2 Å². The van der Waals surface area contributed by atoms with Crippen LogP contribution in [-0.2, 0) is 0 Å². The van der Waals surface area contributed by atoms with Gasteiger partial charge < -0.3 is 15.5 Å². The van der Waals surface area contributed by atoms with E-state index in [0.29, 0.717) is 17.2 Å². The summed E-state index contributed by atoms with van der Waals surface area (Å²) in [6, 6.07) is 5.53. The van der Waals surface area contributed by atoms with Gasteiger partial charge in [0.15, 0.2) is 0 Å². The highest BCUT2D eigenvalue weighted by atomic mass is 16.2. The summed E-state index contributed by atoms with van der Waals surface area (Å²) in [6.45, 7) is 0.855. The van der Waals surface area contributed by atoms with E-state index in [9.17, 15) is 4.79 Å². The lowest BCUT2D eigenvalue weighted by molar-refractivity contribution is 0.0745. The summed E-state index contributed by atoms with van der Waals surface area (Å²) < 4.78 is 0. The minimum atomic E-state index is 0.0592. The first-order valence-corrected chi connectivity index (χ1v) is 6.81. The molecule has 1 aromatic carbocycles. The molecule has 1 aliphatic carbocycles. The molecule has 4 nitrogen and oxygen atoms in total. The molecule has 1 fully saturated rings. The van der Waals surface area contributed by atoms with Crippen molar-refractivity contribution in [3.05, 3.63) is 23.8 Å². The molecule has 1 saturated carbocycles. The largest absolute Gasteiger partial charge is 0.397 e. The van der Waals surface area contributed by atoms with Crippen LogP contribution in [-0.4, -0.2) is 38.5 Å². The van der Waals surface area contributed by atoms with Gasteiger partial charge in [0.2, 0.25) is 0 Å². The second-order valence-corrected chi connectivity index (χ2v) is 5.65. The fourth-order valence-corrected chi connectivity index (χ4v) is 2.46. The number of carbonyl (C=O) groups excluding carboxylic acids is 1. The third-order valence-corrected chi connectivity index (χ3v) is 3.86. The SMILES string of the molecule is CN(CC1CCC1)C(=O)c1ccc(N(C)C)c(N)c1. The number of anilines is 2. The number of nitrogens with two attached hydrogens (primary N) is 1. The molecule has 0 saturated heterocycles. The zero-order valence-corrected chi connectivity index (χ0v) is 12.0. The van der Waals surface area contributed by atoms with Gasteiger partial charge >= 0.3 is 0 Å². The van der Waals surface area contributed by atoms with Gasteiger partial charge in [-0.05, 0) is 37.0 Å². The average molecular weight is 261 g/mol. The van der Waals surface area contributed by atoms with E-state index in [4.69, 9.17) is 5.73 Å². The van der Waals surface area contributed by atoms with E-state index in [-0.39, 0.29) is 5.91 Å². The van der Waals surface area contributed by atoms with Crippen molar-refractivity contribution >= 4 is 17.3 Å². The molecule has 19 heavy (non-hydrogen) atoms. The summed E-state index contributed by atoms with van der Waals surface area (Å²) in [4.78, 5) is 16.1. The maximum Gasteiger partial charge on any atom is 0.253 e. The number of rotatable bonds is 4. The van der Waals surface area contributed by atoms with E-state index in [2.05, 4.69) is 0 Å². The van der Waals surface area contributed by atoms with Gasteiger partial charge in [-0.15, -0.1) is 0 Å². The van der Waals surface area contributed by atoms with Gasteiger partial charge in [-0.2, -0.15) is 0 Å². The summed E-state index contributed by atoms with van der Waals surface area (Å²) >= 11 is 0. The molecule has 0 unspecified atom stereocenters. The molecule has 2 N–H and O–H groups in total. The summed E-state index contributed by atoms with van der Waals surface area (Å²) in [7, 11) is 5.75. The monoisotopic (exact) mass is 261 g/mol. The lowest BCUT2D eigenvalue weighted by Crippen LogP contribution is -2.34. The molecule has 0 spiro atoms.